The molecule has 8 rings (SSSR count). The highest BCUT2D eigenvalue weighted by Crippen LogP contribution is 2.88. The Morgan fingerprint density at radius 3 is 2.62 bits per heavy atom. The molecule has 208 valence electrons. The van der Waals surface area contributed by atoms with E-state index in [0.717, 1.165) is 23.1 Å². The van der Waals surface area contributed by atoms with Crippen molar-refractivity contribution in [3.05, 3.63) is 46.5 Å². The number of methoxy groups -OCH3 is 2. The van der Waals surface area contributed by atoms with Crippen LogP contribution in [0.1, 0.15) is 61.7 Å². The average Bonchev–Trinajstić information content (AvgIpc) is 3.85. The first kappa shape index (κ1) is 24.5. The molecule has 1 aromatic carbocycles. The van der Waals surface area contributed by atoms with Crippen molar-refractivity contribution in [3.63, 3.8) is 0 Å². The molecule has 7 aliphatic rings. The molecular formula is C30H34O9. The van der Waals surface area contributed by atoms with Gasteiger partial charge in [-0.1, -0.05) is 26.0 Å². The van der Waals surface area contributed by atoms with Gasteiger partial charge in [0.2, 0.25) is 0 Å². The summed E-state index contributed by atoms with van der Waals surface area (Å²) < 4.78 is 36.4. The zero-order chi connectivity index (χ0) is 27.1. The van der Waals surface area contributed by atoms with E-state index in [9.17, 15) is 14.7 Å². The molecule has 10 atom stereocenters. The summed E-state index contributed by atoms with van der Waals surface area (Å²) in [7, 11) is 2.96. The van der Waals surface area contributed by atoms with Gasteiger partial charge in [0.25, 0.3) is 0 Å². The number of epoxide rings is 2. The van der Waals surface area contributed by atoms with E-state index in [2.05, 4.69) is 13.8 Å². The third-order valence-electron chi connectivity index (χ3n) is 11.3. The van der Waals surface area contributed by atoms with Crippen molar-refractivity contribution in [2.24, 2.45) is 23.2 Å². The summed E-state index contributed by atoms with van der Waals surface area (Å²) in [6.45, 7) is 4.59. The Morgan fingerprint density at radius 2 is 1.92 bits per heavy atom. The molecular weight excluding hydrogens is 504 g/mol. The van der Waals surface area contributed by atoms with E-state index in [1.165, 1.54) is 7.11 Å². The Morgan fingerprint density at radius 1 is 1.15 bits per heavy atom. The summed E-state index contributed by atoms with van der Waals surface area (Å²) in [5.41, 5.74) is 0.193. The quantitative estimate of drug-likeness (QED) is 0.332. The lowest BCUT2D eigenvalue weighted by atomic mass is 9.50. The van der Waals surface area contributed by atoms with E-state index in [1.54, 1.807) is 19.2 Å². The van der Waals surface area contributed by atoms with Crippen molar-refractivity contribution in [1.82, 2.24) is 0 Å². The summed E-state index contributed by atoms with van der Waals surface area (Å²) in [5, 5.41) is 12.6. The number of ether oxygens (including phenoxy) is 6. The maximum absolute atomic E-state index is 12.6. The van der Waals surface area contributed by atoms with Crippen LogP contribution in [0.25, 0.3) is 0 Å². The molecule has 1 N–H and O–H groups in total. The SMILES string of the molecule is COC(=O)c1ccc(C(OC)OC2C3(C(C)C)OC3C3CC34C3(O)CCC5=C(COC5=O)C3CC3OC324)cc1. The van der Waals surface area contributed by atoms with Crippen LogP contribution in [0.5, 0.6) is 0 Å². The summed E-state index contributed by atoms with van der Waals surface area (Å²) in [6, 6.07) is 7.02. The smallest absolute Gasteiger partial charge is 0.337 e. The molecule has 9 heteroatoms. The summed E-state index contributed by atoms with van der Waals surface area (Å²) in [5.74, 6) is -0.456. The number of esters is 2. The fraction of sp³-hybridized carbons (Fsp3) is 0.667. The van der Waals surface area contributed by atoms with E-state index < -0.39 is 40.6 Å². The minimum Gasteiger partial charge on any atom is -0.465 e. The van der Waals surface area contributed by atoms with Gasteiger partial charge in [-0.3, -0.25) is 0 Å². The van der Waals surface area contributed by atoms with Gasteiger partial charge >= 0.3 is 11.9 Å². The topological polar surface area (TPSA) is 116 Å². The van der Waals surface area contributed by atoms with Gasteiger partial charge in [-0.05, 0) is 49.3 Å². The van der Waals surface area contributed by atoms with Gasteiger partial charge in [0, 0.05) is 35.5 Å². The zero-order valence-electron chi connectivity index (χ0n) is 22.6. The highest BCUT2D eigenvalue weighted by atomic mass is 16.7. The van der Waals surface area contributed by atoms with Crippen molar-refractivity contribution < 1.29 is 43.1 Å². The van der Waals surface area contributed by atoms with Gasteiger partial charge in [0.05, 0.1) is 30.5 Å². The molecule has 0 aromatic heterocycles. The van der Waals surface area contributed by atoms with E-state index in [4.69, 9.17) is 28.4 Å². The number of hydrogen-bond acceptors (Lipinski definition) is 9. The van der Waals surface area contributed by atoms with Crippen LogP contribution in [0.15, 0.2) is 35.4 Å². The summed E-state index contributed by atoms with van der Waals surface area (Å²) in [4.78, 5) is 24.3. The van der Waals surface area contributed by atoms with E-state index in [-0.39, 0.29) is 42.5 Å². The van der Waals surface area contributed by atoms with Gasteiger partial charge < -0.3 is 33.5 Å². The molecule has 10 unspecified atom stereocenters. The minimum atomic E-state index is -1.01. The molecule has 1 aromatic rings. The number of carbonyl (C=O) groups excluding carboxylic acids is 2. The second-order valence-corrected chi connectivity index (χ2v) is 12.7. The molecule has 0 amide bonds. The number of aliphatic hydroxyl groups is 1. The first-order valence-corrected chi connectivity index (χ1v) is 14.0. The standard InChI is InChI=1S/C30H34O9/c1-14(2)29-22(39-29)20-12-27(20)28(33)10-9-17-18(13-36-24(17)32)19(28)11-21-30(27,38-21)26(29)37-25(35-4)16-7-5-15(6-8-16)23(31)34-3/h5-8,14,19-22,25-26,33H,9-13H2,1-4H3. The lowest BCUT2D eigenvalue weighted by molar-refractivity contribution is -0.233. The third kappa shape index (κ3) is 2.65. The second kappa shape index (κ2) is 7.50. The molecule has 4 aliphatic carbocycles. The van der Waals surface area contributed by atoms with Crippen molar-refractivity contribution >= 4 is 11.9 Å². The molecule has 5 fully saturated rings. The summed E-state index contributed by atoms with van der Waals surface area (Å²) in [6.07, 6.45) is 1.17. The Bertz CT molecular complexity index is 1320. The molecule has 39 heavy (non-hydrogen) atoms. The molecule has 3 saturated carbocycles. The Kier molecular flexibility index (Phi) is 4.71. The minimum absolute atomic E-state index is 0.0307. The van der Waals surface area contributed by atoms with Crippen LogP contribution < -0.4 is 0 Å². The van der Waals surface area contributed by atoms with Crippen LogP contribution >= 0.6 is 0 Å². The van der Waals surface area contributed by atoms with Gasteiger partial charge in [-0.25, -0.2) is 9.59 Å². The predicted octanol–water partition coefficient (Wildman–Crippen LogP) is 2.85. The number of carbonyl (C=O) groups is 2. The van der Waals surface area contributed by atoms with Crippen LogP contribution in [0.4, 0.5) is 0 Å². The average molecular weight is 539 g/mol. The van der Waals surface area contributed by atoms with E-state index in [0.29, 0.717) is 24.8 Å². The van der Waals surface area contributed by atoms with Gasteiger partial charge in [-0.15, -0.1) is 0 Å². The Balaban J connectivity index is 1.18. The maximum Gasteiger partial charge on any atom is 0.337 e. The zero-order valence-corrected chi connectivity index (χ0v) is 22.6. The van der Waals surface area contributed by atoms with Crippen molar-refractivity contribution in [2.45, 2.75) is 80.9 Å². The van der Waals surface area contributed by atoms with Crippen molar-refractivity contribution in [2.75, 3.05) is 20.8 Å². The number of cyclic esters (lactones) is 1. The van der Waals surface area contributed by atoms with Gasteiger partial charge in [0.1, 0.15) is 23.9 Å². The fourth-order valence-corrected chi connectivity index (χ4v) is 9.50. The van der Waals surface area contributed by atoms with Gasteiger partial charge in [0.15, 0.2) is 6.29 Å². The first-order chi connectivity index (χ1) is 18.7. The normalized spacial score (nSPS) is 46.6. The van der Waals surface area contributed by atoms with Gasteiger partial charge in [-0.2, -0.15) is 0 Å². The molecule has 0 bridgehead atoms. The molecule has 9 nitrogen and oxygen atoms in total. The highest BCUT2D eigenvalue weighted by molar-refractivity contribution is 5.92. The Hall–Kier alpha value is -2.30. The number of fused-ring (bicyclic) bond motifs is 4. The fourth-order valence-electron chi connectivity index (χ4n) is 9.50. The van der Waals surface area contributed by atoms with Crippen LogP contribution in [0, 0.1) is 23.2 Å². The number of hydrogen-bond donors (Lipinski definition) is 1. The lowest BCUT2D eigenvalue weighted by Gasteiger charge is -2.55. The van der Waals surface area contributed by atoms with Crippen LogP contribution in [-0.4, -0.2) is 73.0 Å². The molecule has 2 spiro atoms. The van der Waals surface area contributed by atoms with E-state index >= 15 is 0 Å². The van der Waals surface area contributed by atoms with Crippen LogP contribution in [-0.2, 0) is 33.2 Å². The lowest BCUT2D eigenvalue weighted by Crippen LogP contribution is -2.69. The molecule has 3 heterocycles. The Labute approximate surface area is 226 Å². The molecule has 2 saturated heterocycles. The molecule has 3 aliphatic heterocycles. The largest absolute Gasteiger partial charge is 0.465 e. The number of benzene rings is 1. The van der Waals surface area contributed by atoms with Crippen molar-refractivity contribution in [3.8, 4) is 0 Å². The van der Waals surface area contributed by atoms with Crippen LogP contribution in [0.3, 0.4) is 0 Å². The highest BCUT2D eigenvalue weighted by Gasteiger charge is 2.99. The van der Waals surface area contributed by atoms with Crippen molar-refractivity contribution in [1.29, 1.82) is 0 Å². The maximum atomic E-state index is 12.6. The molecule has 0 radical (unpaired) electrons. The summed E-state index contributed by atoms with van der Waals surface area (Å²) >= 11 is 0. The second-order valence-electron chi connectivity index (χ2n) is 12.7. The first-order valence-electron chi connectivity index (χ1n) is 14.0. The predicted molar refractivity (Wildman–Crippen MR) is 133 cm³/mol. The van der Waals surface area contributed by atoms with Crippen LogP contribution in [0.2, 0.25) is 0 Å². The third-order valence-corrected chi connectivity index (χ3v) is 11.3. The van der Waals surface area contributed by atoms with E-state index in [1.807, 2.05) is 12.1 Å². The number of rotatable bonds is 6. The monoisotopic (exact) mass is 538 g/mol.